The van der Waals surface area contributed by atoms with E-state index in [0.717, 1.165) is 25.1 Å². The summed E-state index contributed by atoms with van der Waals surface area (Å²) in [5, 5.41) is 0. The SMILES string of the molecule is C[N+](C)(C)CCOP(=O)(O)OCCCCCCCCCCCCCCCCCl. The van der Waals surface area contributed by atoms with Crippen molar-refractivity contribution >= 4 is 19.4 Å². The maximum Gasteiger partial charge on any atom is 0.472 e. The highest BCUT2D eigenvalue weighted by molar-refractivity contribution is 7.47. The van der Waals surface area contributed by atoms with Crippen LogP contribution in [0.15, 0.2) is 0 Å². The van der Waals surface area contributed by atoms with E-state index in [0.29, 0.717) is 17.6 Å². The number of phosphoric acid groups is 1. The minimum atomic E-state index is -3.88. The van der Waals surface area contributed by atoms with Gasteiger partial charge in [0.25, 0.3) is 0 Å². The number of hydrogen-bond donors (Lipinski definition) is 1. The molecule has 0 saturated carbocycles. The quantitative estimate of drug-likeness (QED) is 0.0950. The minimum Gasteiger partial charge on any atom is -0.329 e. The summed E-state index contributed by atoms with van der Waals surface area (Å²) in [7, 11) is 2.15. The van der Waals surface area contributed by atoms with E-state index in [4.69, 9.17) is 20.6 Å². The zero-order valence-corrected chi connectivity index (χ0v) is 20.3. The Bertz CT molecular complexity index is 391. The van der Waals surface area contributed by atoms with Gasteiger partial charge in [-0.2, -0.15) is 0 Å². The molecule has 1 N–H and O–H groups in total. The van der Waals surface area contributed by atoms with E-state index < -0.39 is 7.82 Å². The second-order valence-corrected chi connectivity index (χ2v) is 10.6. The summed E-state index contributed by atoms with van der Waals surface area (Å²) in [6.45, 7) is 1.19. The fourth-order valence-electron chi connectivity index (χ4n) is 2.97. The van der Waals surface area contributed by atoms with Gasteiger partial charge in [-0.25, -0.2) is 4.57 Å². The second kappa shape index (κ2) is 18.2. The predicted molar refractivity (Wildman–Crippen MR) is 120 cm³/mol. The molecular formula is C21H46ClNO4P+. The van der Waals surface area contributed by atoms with Crippen LogP contribution in [-0.2, 0) is 13.6 Å². The molecule has 0 aliphatic carbocycles. The van der Waals surface area contributed by atoms with Crippen molar-refractivity contribution < 1.29 is 23.0 Å². The number of hydrogen-bond acceptors (Lipinski definition) is 3. The summed E-state index contributed by atoms with van der Waals surface area (Å²) in [6, 6.07) is 0. The lowest BCUT2D eigenvalue weighted by Gasteiger charge is -2.24. The highest BCUT2D eigenvalue weighted by atomic mass is 35.5. The molecule has 0 aliphatic heterocycles. The van der Waals surface area contributed by atoms with E-state index in [9.17, 15) is 9.46 Å². The van der Waals surface area contributed by atoms with Crippen molar-refractivity contribution in [1.29, 1.82) is 0 Å². The van der Waals surface area contributed by atoms with Crippen LogP contribution in [-0.4, -0.2) is 56.2 Å². The predicted octanol–water partition coefficient (Wildman–Crippen LogP) is 6.53. The van der Waals surface area contributed by atoms with Crippen molar-refractivity contribution in [3.05, 3.63) is 0 Å². The van der Waals surface area contributed by atoms with Crippen LogP contribution in [0, 0.1) is 0 Å². The van der Waals surface area contributed by atoms with E-state index in [1.54, 1.807) is 0 Å². The number of unbranched alkanes of at least 4 members (excludes halogenated alkanes) is 13. The zero-order chi connectivity index (χ0) is 21.1. The molecule has 0 saturated heterocycles. The molecule has 0 amide bonds. The maximum absolute atomic E-state index is 11.7. The summed E-state index contributed by atoms with van der Waals surface area (Å²) in [5.74, 6) is 0.806. The van der Waals surface area contributed by atoms with Crippen molar-refractivity contribution in [3.8, 4) is 0 Å². The van der Waals surface area contributed by atoms with E-state index in [1.165, 1.54) is 70.6 Å². The highest BCUT2D eigenvalue weighted by Crippen LogP contribution is 2.43. The third-order valence-corrected chi connectivity index (χ3v) is 6.08. The molecule has 0 heterocycles. The van der Waals surface area contributed by atoms with Crippen LogP contribution in [0.2, 0.25) is 0 Å². The largest absolute Gasteiger partial charge is 0.472 e. The molecule has 0 aromatic carbocycles. The number of phosphoric ester groups is 1. The molecule has 0 bridgehead atoms. The fourth-order valence-corrected chi connectivity index (χ4v) is 3.90. The fraction of sp³-hybridized carbons (Fsp3) is 1.00. The molecule has 28 heavy (non-hydrogen) atoms. The van der Waals surface area contributed by atoms with Gasteiger partial charge in [0.15, 0.2) is 0 Å². The van der Waals surface area contributed by atoms with E-state index in [2.05, 4.69) is 0 Å². The molecule has 0 fully saturated rings. The van der Waals surface area contributed by atoms with Gasteiger partial charge < -0.3 is 9.38 Å². The average molecular weight is 443 g/mol. The first-order valence-corrected chi connectivity index (χ1v) is 13.3. The van der Waals surface area contributed by atoms with Crippen LogP contribution in [0.5, 0.6) is 0 Å². The normalized spacial score (nSPS) is 14.3. The molecule has 0 rings (SSSR count). The van der Waals surface area contributed by atoms with Gasteiger partial charge in [-0.15, -0.1) is 11.6 Å². The Morgan fingerprint density at radius 2 is 1.04 bits per heavy atom. The van der Waals surface area contributed by atoms with Gasteiger partial charge >= 0.3 is 7.82 Å². The molecule has 1 unspecified atom stereocenters. The van der Waals surface area contributed by atoms with Crippen LogP contribution in [0.1, 0.15) is 89.9 Å². The zero-order valence-electron chi connectivity index (χ0n) is 18.7. The van der Waals surface area contributed by atoms with Crippen LogP contribution >= 0.6 is 19.4 Å². The maximum atomic E-state index is 11.7. The van der Waals surface area contributed by atoms with Crippen molar-refractivity contribution in [1.82, 2.24) is 0 Å². The van der Waals surface area contributed by atoms with E-state index in [-0.39, 0.29) is 6.61 Å². The van der Waals surface area contributed by atoms with E-state index in [1.807, 2.05) is 21.1 Å². The Hall–Kier alpha value is 0.360. The van der Waals surface area contributed by atoms with Gasteiger partial charge in [-0.05, 0) is 12.8 Å². The van der Waals surface area contributed by atoms with Crippen LogP contribution in [0.3, 0.4) is 0 Å². The first kappa shape index (κ1) is 28.4. The van der Waals surface area contributed by atoms with E-state index >= 15 is 0 Å². The van der Waals surface area contributed by atoms with Gasteiger partial charge in [0.1, 0.15) is 13.2 Å². The number of likely N-dealkylation sites (N-methyl/N-ethyl adjacent to an activating group) is 1. The lowest BCUT2D eigenvalue weighted by Crippen LogP contribution is -2.37. The number of halogens is 1. The molecule has 0 radical (unpaired) electrons. The first-order valence-electron chi connectivity index (χ1n) is 11.3. The highest BCUT2D eigenvalue weighted by Gasteiger charge is 2.21. The summed E-state index contributed by atoms with van der Waals surface area (Å²) in [6.07, 6.45) is 17.5. The topological polar surface area (TPSA) is 55.8 Å². The molecule has 0 spiro atoms. The standard InChI is InChI=1S/C21H45ClNO4P/c1-23(2,3)19-21-27-28(24,25)26-20-17-15-13-11-9-7-5-4-6-8-10-12-14-16-18-22/h4-21H2,1-3H3/p+1. The van der Waals surface area contributed by atoms with Crippen molar-refractivity contribution in [3.63, 3.8) is 0 Å². The Kier molecular flexibility index (Phi) is 18.4. The third kappa shape index (κ3) is 22.6. The van der Waals surface area contributed by atoms with Crippen molar-refractivity contribution in [2.24, 2.45) is 0 Å². The monoisotopic (exact) mass is 442 g/mol. The lowest BCUT2D eigenvalue weighted by atomic mass is 10.0. The van der Waals surface area contributed by atoms with Crippen molar-refractivity contribution in [2.75, 3.05) is 46.8 Å². The Morgan fingerprint density at radius 3 is 1.43 bits per heavy atom. The smallest absolute Gasteiger partial charge is 0.329 e. The molecule has 7 heteroatoms. The number of quaternary nitrogens is 1. The Morgan fingerprint density at radius 1 is 0.679 bits per heavy atom. The molecule has 170 valence electrons. The van der Waals surface area contributed by atoms with Gasteiger partial charge in [-0.1, -0.05) is 77.0 Å². The molecule has 5 nitrogen and oxygen atoms in total. The Labute approximate surface area is 179 Å². The summed E-state index contributed by atoms with van der Waals surface area (Å²) >= 11 is 5.67. The molecule has 0 aromatic heterocycles. The lowest BCUT2D eigenvalue weighted by molar-refractivity contribution is -0.870. The number of alkyl halides is 1. The van der Waals surface area contributed by atoms with Gasteiger partial charge in [0.05, 0.1) is 27.7 Å². The third-order valence-electron chi connectivity index (χ3n) is 4.80. The molecule has 0 aliphatic rings. The van der Waals surface area contributed by atoms with Crippen LogP contribution in [0.4, 0.5) is 0 Å². The van der Waals surface area contributed by atoms with Crippen LogP contribution in [0.25, 0.3) is 0 Å². The van der Waals surface area contributed by atoms with Gasteiger partial charge in [0, 0.05) is 5.88 Å². The molecule has 0 aromatic rings. The number of rotatable bonds is 21. The summed E-state index contributed by atoms with van der Waals surface area (Å²) < 4.78 is 22.5. The summed E-state index contributed by atoms with van der Waals surface area (Å²) in [4.78, 5) is 9.63. The minimum absolute atomic E-state index is 0.227. The Balaban J connectivity index is 3.29. The van der Waals surface area contributed by atoms with Crippen LogP contribution < -0.4 is 0 Å². The average Bonchev–Trinajstić information content (AvgIpc) is 2.60. The van der Waals surface area contributed by atoms with Gasteiger partial charge in [0.2, 0.25) is 0 Å². The van der Waals surface area contributed by atoms with Gasteiger partial charge in [-0.3, -0.25) is 9.05 Å². The molecule has 1 atom stereocenters. The molecular weight excluding hydrogens is 397 g/mol. The first-order chi connectivity index (χ1) is 13.3. The summed E-state index contributed by atoms with van der Waals surface area (Å²) in [5.41, 5.74) is 0. The van der Waals surface area contributed by atoms with Crippen molar-refractivity contribution in [2.45, 2.75) is 89.9 Å². The number of nitrogens with zero attached hydrogens (tertiary/aromatic N) is 1. The second-order valence-electron chi connectivity index (χ2n) is 8.79.